The van der Waals surface area contributed by atoms with E-state index in [9.17, 15) is 13.2 Å². The van der Waals surface area contributed by atoms with Gasteiger partial charge < -0.3 is 0 Å². The standard InChI is InChI=1S/C17H11F3N2/c18-17(19,20)15-7-1-6-14(12-4-2-8-21-10-12)16(15)13-5-3-9-22-11-13/h1-11H. The molecule has 2 aromatic heterocycles. The Morgan fingerprint density at radius 3 is 1.91 bits per heavy atom. The first-order valence-corrected chi connectivity index (χ1v) is 6.58. The molecule has 110 valence electrons. The van der Waals surface area contributed by atoms with Crippen LogP contribution in [0.1, 0.15) is 5.56 Å². The second kappa shape index (κ2) is 5.60. The summed E-state index contributed by atoms with van der Waals surface area (Å²) in [4.78, 5) is 7.93. The molecule has 0 N–H and O–H groups in total. The van der Waals surface area contributed by atoms with E-state index in [4.69, 9.17) is 0 Å². The van der Waals surface area contributed by atoms with Crippen LogP contribution in [0.25, 0.3) is 22.3 Å². The highest BCUT2D eigenvalue weighted by Crippen LogP contribution is 2.42. The molecule has 0 aliphatic heterocycles. The number of rotatable bonds is 2. The molecule has 0 aliphatic carbocycles. The molecule has 0 radical (unpaired) electrons. The number of alkyl halides is 3. The van der Waals surface area contributed by atoms with Crippen LogP contribution in [0.2, 0.25) is 0 Å². The van der Waals surface area contributed by atoms with E-state index in [1.807, 2.05) is 0 Å². The first-order valence-electron chi connectivity index (χ1n) is 6.58. The molecule has 2 heterocycles. The van der Waals surface area contributed by atoms with Crippen LogP contribution in [-0.2, 0) is 6.18 Å². The van der Waals surface area contributed by atoms with Gasteiger partial charge in [0.2, 0.25) is 0 Å². The predicted molar refractivity (Wildman–Crippen MR) is 77.9 cm³/mol. The quantitative estimate of drug-likeness (QED) is 0.677. The summed E-state index contributed by atoms with van der Waals surface area (Å²) < 4.78 is 40.2. The molecule has 3 aromatic rings. The van der Waals surface area contributed by atoms with Gasteiger partial charge in [0.25, 0.3) is 0 Å². The van der Waals surface area contributed by atoms with Crippen molar-refractivity contribution >= 4 is 0 Å². The van der Waals surface area contributed by atoms with Crippen LogP contribution in [0.3, 0.4) is 0 Å². The Balaban J connectivity index is 2.32. The maximum absolute atomic E-state index is 13.4. The normalized spacial score (nSPS) is 11.4. The monoisotopic (exact) mass is 300 g/mol. The van der Waals surface area contributed by atoms with Gasteiger partial charge in [-0.25, -0.2) is 0 Å². The van der Waals surface area contributed by atoms with Crippen LogP contribution in [-0.4, -0.2) is 9.97 Å². The average molecular weight is 300 g/mol. The van der Waals surface area contributed by atoms with Gasteiger partial charge in [0.15, 0.2) is 0 Å². The van der Waals surface area contributed by atoms with E-state index in [0.717, 1.165) is 6.07 Å². The Kier molecular flexibility index (Phi) is 3.63. The molecular weight excluding hydrogens is 289 g/mol. The second-order valence-electron chi connectivity index (χ2n) is 4.71. The molecule has 1 aromatic carbocycles. The molecule has 0 saturated heterocycles. The zero-order valence-corrected chi connectivity index (χ0v) is 11.4. The lowest BCUT2D eigenvalue weighted by atomic mass is 9.91. The lowest BCUT2D eigenvalue weighted by Crippen LogP contribution is -2.08. The lowest BCUT2D eigenvalue weighted by molar-refractivity contribution is -0.137. The van der Waals surface area contributed by atoms with Crippen molar-refractivity contribution < 1.29 is 13.2 Å². The molecule has 0 aliphatic rings. The van der Waals surface area contributed by atoms with Gasteiger partial charge in [-0.15, -0.1) is 0 Å². The summed E-state index contributed by atoms with van der Waals surface area (Å²) >= 11 is 0. The molecule has 0 amide bonds. The molecule has 0 bridgehead atoms. The Bertz CT molecular complexity index is 769. The molecule has 22 heavy (non-hydrogen) atoms. The fraction of sp³-hybridized carbons (Fsp3) is 0.0588. The minimum Gasteiger partial charge on any atom is -0.264 e. The van der Waals surface area contributed by atoms with E-state index in [1.165, 1.54) is 18.5 Å². The number of halogens is 3. The second-order valence-corrected chi connectivity index (χ2v) is 4.71. The maximum Gasteiger partial charge on any atom is 0.417 e. The molecule has 2 nitrogen and oxygen atoms in total. The summed E-state index contributed by atoms with van der Waals surface area (Å²) in [6, 6.07) is 10.8. The highest BCUT2D eigenvalue weighted by molar-refractivity contribution is 5.85. The van der Waals surface area contributed by atoms with Crippen molar-refractivity contribution in [1.82, 2.24) is 9.97 Å². The summed E-state index contributed by atoms with van der Waals surface area (Å²) in [5, 5.41) is 0. The summed E-state index contributed by atoms with van der Waals surface area (Å²) in [7, 11) is 0. The van der Waals surface area contributed by atoms with Crippen LogP contribution in [0.15, 0.2) is 67.3 Å². The Hall–Kier alpha value is -2.69. The molecule has 0 spiro atoms. The van der Waals surface area contributed by atoms with Crippen molar-refractivity contribution in [2.24, 2.45) is 0 Å². The van der Waals surface area contributed by atoms with E-state index in [0.29, 0.717) is 16.7 Å². The Morgan fingerprint density at radius 2 is 1.36 bits per heavy atom. The van der Waals surface area contributed by atoms with E-state index >= 15 is 0 Å². The summed E-state index contributed by atoms with van der Waals surface area (Å²) in [6.45, 7) is 0. The number of benzene rings is 1. The van der Waals surface area contributed by atoms with Gasteiger partial charge in [-0.1, -0.05) is 24.3 Å². The SMILES string of the molecule is FC(F)(F)c1cccc(-c2cccnc2)c1-c1cccnc1. The maximum atomic E-state index is 13.4. The highest BCUT2D eigenvalue weighted by atomic mass is 19.4. The van der Waals surface area contributed by atoms with Crippen molar-refractivity contribution in [3.63, 3.8) is 0 Å². The highest BCUT2D eigenvalue weighted by Gasteiger charge is 2.34. The van der Waals surface area contributed by atoms with Crippen molar-refractivity contribution in [2.45, 2.75) is 6.18 Å². The fourth-order valence-electron chi connectivity index (χ4n) is 2.37. The third kappa shape index (κ3) is 2.70. The van der Waals surface area contributed by atoms with Gasteiger partial charge in [0, 0.05) is 41.5 Å². The van der Waals surface area contributed by atoms with Gasteiger partial charge in [0.1, 0.15) is 0 Å². The molecule has 5 heteroatoms. The topological polar surface area (TPSA) is 25.8 Å². The van der Waals surface area contributed by atoms with Crippen molar-refractivity contribution in [3.05, 3.63) is 72.8 Å². The van der Waals surface area contributed by atoms with Crippen LogP contribution in [0, 0.1) is 0 Å². The van der Waals surface area contributed by atoms with Crippen LogP contribution >= 0.6 is 0 Å². The number of aromatic nitrogens is 2. The molecular formula is C17H11F3N2. The number of hydrogen-bond acceptors (Lipinski definition) is 2. The largest absolute Gasteiger partial charge is 0.417 e. The van der Waals surface area contributed by atoms with Crippen LogP contribution < -0.4 is 0 Å². The van der Waals surface area contributed by atoms with Gasteiger partial charge in [-0.2, -0.15) is 13.2 Å². The molecule has 0 atom stereocenters. The van der Waals surface area contributed by atoms with Crippen LogP contribution in [0.5, 0.6) is 0 Å². The number of hydrogen-bond donors (Lipinski definition) is 0. The van der Waals surface area contributed by atoms with E-state index < -0.39 is 11.7 Å². The third-order valence-electron chi connectivity index (χ3n) is 3.29. The molecule has 0 fully saturated rings. The minimum atomic E-state index is -4.44. The lowest BCUT2D eigenvalue weighted by Gasteiger charge is -2.17. The minimum absolute atomic E-state index is 0.121. The van der Waals surface area contributed by atoms with Crippen molar-refractivity contribution in [3.8, 4) is 22.3 Å². The number of pyridine rings is 2. The average Bonchev–Trinajstić information content (AvgIpc) is 2.55. The summed E-state index contributed by atoms with van der Waals surface area (Å²) in [5.41, 5.74) is 0.982. The fourth-order valence-corrected chi connectivity index (χ4v) is 2.37. The van der Waals surface area contributed by atoms with E-state index in [-0.39, 0.29) is 5.56 Å². The van der Waals surface area contributed by atoms with Crippen molar-refractivity contribution in [1.29, 1.82) is 0 Å². The van der Waals surface area contributed by atoms with Gasteiger partial charge in [0.05, 0.1) is 5.56 Å². The third-order valence-corrected chi connectivity index (χ3v) is 3.29. The Labute approximate surface area is 125 Å². The van der Waals surface area contributed by atoms with Gasteiger partial charge in [-0.3, -0.25) is 9.97 Å². The van der Waals surface area contributed by atoms with Crippen LogP contribution in [0.4, 0.5) is 13.2 Å². The van der Waals surface area contributed by atoms with Gasteiger partial charge in [-0.05, 0) is 23.8 Å². The predicted octanol–water partition coefficient (Wildman–Crippen LogP) is 4.83. The van der Waals surface area contributed by atoms with Crippen molar-refractivity contribution in [2.75, 3.05) is 0 Å². The first kappa shape index (κ1) is 14.3. The number of nitrogens with zero attached hydrogens (tertiary/aromatic N) is 2. The van der Waals surface area contributed by atoms with E-state index in [1.54, 1.807) is 42.7 Å². The van der Waals surface area contributed by atoms with Gasteiger partial charge >= 0.3 is 6.18 Å². The zero-order chi connectivity index (χ0) is 15.6. The molecule has 0 unspecified atom stereocenters. The summed E-state index contributed by atoms with van der Waals surface area (Å²) in [5.74, 6) is 0. The summed E-state index contributed by atoms with van der Waals surface area (Å²) in [6.07, 6.45) is 1.66. The molecule has 3 rings (SSSR count). The zero-order valence-electron chi connectivity index (χ0n) is 11.4. The molecule has 0 saturated carbocycles. The van der Waals surface area contributed by atoms with E-state index in [2.05, 4.69) is 9.97 Å². The smallest absolute Gasteiger partial charge is 0.264 e. The first-order chi connectivity index (χ1) is 10.6. The Morgan fingerprint density at radius 1 is 0.727 bits per heavy atom.